The molecule has 0 unspecified atom stereocenters. The lowest BCUT2D eigenvalue weighted by molar-refractivity contribution is 0.269. The molecule has 3 aromatic carbocycles. The van der Waals surface area contributed by atoms with Crippen LogP contribution in [0.1, 0.15) is 50.1 Å². The molecule has 1 atom stereocenters. The third-order valence-corrected chi connectivity index (χ3v) is 7.42. The molecule has 0 spiro atoms. The Hall–Kier alpha value is -2.58. The minimum Gasteiger partial charge on any atom is -0.490 e. The average molecular weight is 638 g/mol. The second kappa shape index (κ2) is 12.5. The van der Waals surface area contributed by atoms with Crippen LogP contribution in [0.5, 0.6) is 11.5 Å². The molecule has 1 heterocycles. The molecule has 0 amide bonds. The molecule has 0 radical (unpaired) electrons. The van der Waals surface area contributed by atoms with E-state index in [1.807, 2.05) is 39.0 Å². The molecule has 38 heavy (non-hydrogen) atoms. The first-order chi connectivity index (χ1) is 18.2. The Morgan fingerprint density at radius 2 is 1.82 bits per heavy atom. The van der Waals surface area contributed by atoms with Crippen molar-refractivity contribution in [2.24, 2.45) is 5.10 Å². The Labute approximate surface area is 244 Å². The first-order valence-electron chi connectivity index (χ1n) is 12.0. The van der Waals surface area contributed by atoms with Crippen molar-refractivity contribution in [1.82, 2.24) is 9.66 Å². The predicted molar refractivity (Wildman–Crippen MR) is 159 cm³/mol. The molecule has 0 fully saturated rings. The van der Waals surface area contributed by atoms with Crippen LogP contribution in [0.2, 0.25) is 15.1 Å². The summed E-state index contributed by atoms with van der Waals surface area (Å²) in [6.45, 7) is 6.55. The normalized spacial score (nSPS) is 12.3. The van der Waals surface area contributed by atoms with E-state index < -0.39 is 0 Å². The van der Waals surface area contributed by atoms with Crippen molar-refractivity contribution in [2.75, 3.05) is 6.61 Å². The lowest BCUT2D eigenvalue weighted by Gasteiger charge is -2.15. The first kappa shape index (κ1) is 28.4. The summed E-state index contributed by atoms with van der Waals surface area (Å²) < 4.78 is 13.9. The van der Waals surface area contributed by atoms with Crippen molar-refractivity contribution < 1.29 is 9.47 Å². The smallest absolute Gasteiger partial charge is 0.282 e. The second-order valence-electron chi connectivity index (χ2n) is 8.60. The van der Waals surface area contributed by atoms with Crippen LogP contribution >= 0.6 is 50.7 Å². The quantitative estimate of drug-likeness (QED) is 0.173. The minimum absolute atomic E-state index is 0.0209. The Kier molecular flexibility index (Phi) is 9.36. The molecule has 198 valence electrons. The third kappa shape index (κ3) is 6.34. The highest BCUT2D eigenvalue weighted by atomic mass is 79.9. The Morgan fingerprint density at radius 3 is 2.53 bits per heavy atom. The fraction of sp³-hybridized carbons (Fsp3) is 0.250. The van der Waals surface area contributed by atoms with Crippen molar-refractivity contribution in [2.45, 2.75) is 39.7 Å². The molecule has 4 aromatic rings. The molecule has 6 nitrogen and oxygen atoms in total. The molecule has 0 aliphatic rings. The average Bonchev–Trinajstić information content (AvgIpc) is 2.89. The topological polar surface area (TPSA) is 65.7 Å². The molecule has 1 aromatic heterocycles. The van der Waals surface area contributed by atoms with Gasteiger partial charge in [-0.25, -0.2) is 4.98 Å². The summed E-state index contributed by atoms with van der Waals surface area (Å²) >= 11 is 22.2. The standard InChI is InChI=1S/C28H25BrCl3N3O3/c1-4-16(3)27-34-24-9-7-19(29)13-20(24)28(36)35(27)33-14-18-11-23(32)26(25(12-18)37-5-2)38-15-17-6-8-21(30)22(31)10-17/h6-14,16H,4-5,15H2,1-3H3/t16-/m0/s1. The molecular formula is C28H25BrCl3N3O3. The number of halogens is 4. The van der Waals surface area contributed by atoms with Gasteiger partial charge in [-0.3, -0.25) is 4.79 Å². The summed E-state index contributed by atoms with van der Waals surface area (Å²) in [4.78, 5) is 18.1. The van der Waals surface area contributed by atoms with Gasteiger partial charge in [0, 0.05) is 10.4 Å². The number of rotatable bonds is 9. The summed E-state index contributed by atoms with van der Waals surface area (Å²) in [5.74, 6) is 1.46. The van der Waals surface area contributed by atoms with Gasteiger partial charge in [0.2, 0.25) is 0 Å². The van der Waals surface area contributed by atoms with E-state index in [0.717, 1.165) is 16.5 Å². The van der Waals surface area contributed by atoms with Crippen molar-refractivity contribution >= 4 is 67.9 Å². The molecule has 0 bridgehead atoms. The predicted octanol–water partition coefficient (Wildman–Crippen LogP) is 8.49. The highest BCUT2D eigenvalue weighted by molar-refractivity contribution is 9.10. The highest BCUT2D eigenvalue weighted by Gasteiger charge is 2.17. The molecular weight excluding hydrogens is 613 g/mol. The number of fused-ring (bicyclic) bond motifs is 1. The molecule has 4 rings (SSSR count). The highest BCUT2D eigenvalue weighted by Crippen LogP contribution is 2.37. The fourth-order valence-electron chi connectivity index (χ4n) is 3.75. The van der Waals surface area contributed by atoms with E-state index in [1.54, 1.807) is 36.5 Å². The number of nitrogens with zero attached hydrogens (tertiary/aromatic N) is 3. The van der Waals surface area contributed by atoms with E-state index >= 15 is 0 Å². The fourth-order valence-corrected chi connectivity index (χ4v) is 4.71. The van der Waals surface area contributed by atoms with Gasteiger partial charge in [-0.2, -0.15) is 9.78 Å². The summed E-state index contributed by atoms with van der Waals surface area (Å²) in [5.41, 5.74) is 1.85. The third-order valence-electron chi connectivity index (χ3n) is 5.91. The maximum atomic E-state index is 13.4. The van der Waals surface area contributed by atoms with E-state index in [2.05, 4.69) is 21.0 Å². The number of benzene rings is 3. The number of ether oxygens (including phenoxy) is 2. The van der Waals surface area contributed by atoms with E-state index in [0.29, 0.717) is 55.5 Å². The van der Waals surface area contributed by atoms with Gasteiger partial charge in [0.15, 0.2) is 11.5 Å². The van der Waals surface area contributed by atoms with Crippen molar-refractivity contribution in [1.29, 1.82) is 0 Å². The molecule has 0 aliphatic heterocycles. The second-order valence-corrected chi connectivity index (χ2v) is 10.7. The van der Waals surface area contributed by atoms with Crippen LogP contribution in [-0.2, 0) is 6.61 Å². The van der Waals surface area contributed by atoms with Crippen LogP contribution < -0.4 is 15.0 Å². The van der Waals surface area contributed by atoms with Crippen LogP contribution in [0.3, 0.4) is 0 Å². The van der Waals surface area contributed by atoms with Crippen LogP contribution in [0, 0.1) is 0 Å². The van der Waals surface area contributed by atoms with Gasteiger partial charge in [-0.15, -0.1) is 0 Å². The SMILES string of the molecule is CCOc1cc(C=Nn2c([C@@H](C)CC)nc3ccc(Br)cc3c2=O)cc(Cl)c1OCc1ccc(Cl)c(Cl)c1. The van der Waals surface area contributed by atoms with Gasteiger partial charge < -0.3 is 9.47 Å². The monoisotopic (exact) mass is 635 g/mol. The van der Waals surface area contributed by atoms with E-state index in [9.17, 15) is 4.79 Å². The van der Waals surface area contributed by atoms with Crippen LogP contribution in [0.15, 0.2) is 62.9 Å². The summed E-state index contributed by atoms with van der Waals surface area (Å²) in [6.07, 6.45) is 2.37. The molecule has 0 saturated heterocycles. The Morgan fingerprint density at radius 1 is 1.03 bits per heavy atom. The Bertz CT molecular complexity index is 1570. The number of hydrogen-bond donors (Lipinski definition) is 0. The maximum Gasteiger partial charge on any atom is 0.282 e. The lowest BCUT2D eigenvalue weighted by atomic mass is 10.1. The van der Waals surface area contributed by atoms with Gasteiger partial charge in [-0.1, -0.05) is 70.6 Å². The molecule has 10 heteroatoms. The van der Waals surface area contributed by atoms with Gasteiger partial charge in [0.1, 0.15) is 12.4 Å². The molecule has 0 aliphatic carbocycles. The van der Waals surface area contributed by atoms with E-state index in [1.165, 1.54) is 4.68 Å². The van der Waals surface area contributed by atoms with Gasteiger partial charge in [0.25, 0.3) is 5.56 Å². The van der Waals surface area contributed by atoms with Crippen molar-refractivity contribution in [3.8, 4) is 11.5 Å². The zero-order chi connectivity index (χ0) is 27.4. The lowest BCUT2D eigenvalue weighted by Crippen LogP contribution is -2.23. The van der Waals surface area contributed by atoms with Crippen LogP contribution in [0.25, 0.3) is 10.9 Å². The summed E-state index contributed by atoms with van der Waals surface area (Å²) in [5, 5.41) is 6.25. The van der Waals surface area contributed by atoms with Crippen molar-refractivity contribution in [3.63, 3.8) is 0 Å². The van der Waals surface area contributed by atoms with Crippen LogP contribution in [-0.4, -0.2) is 22.5 Å². The van der Waals surface area contributed by atoms with E-state index in [4.69, 9.17) is 49.3 Å². The van der Waals surface area contributed by atoms with E-state index in [-0.39, 0.29) is 18.1 Å². The number of hydrogen-bond acceptors (Lipinski definition) is 5. The minimum atomic E-state index is -0.249. The van der Waals surface area contributed by atoms with Gasteiger partial charge >= 0.3 is 0 Å². The zero-order valence-corrected chi connectivity index (χ0v) is 24.8. The molecule has 0 N–H and O–H groups in total. The molecule has 0 saturated carbocycles. The number of aromatic nitrogens is 2. The summed E-state index contributed by atoms with van der Waals surface area (Å²) in [6, 6.07) is 14.2. The first-order valence-corrected chi connectivity index (χ1v) is 13.9. The largest absolute Gasteiger partial charge is 0.490 e. The van der Waals surface area contributed by atoms with Gasteiger partial charge in [-0.05, 0) is 66.9 Å². The maximum absolute atomic E-state index is 13.4. The van der Waals surface area contributed by atoms with Crippen molar-refractivity contribution in [3.05, 3.63) is 95.4 Å². The van der Waals surface area contributed by atoms with Gasteiger partial charge in [0.05, 0.1) is 38.8 Å². The summed E-state index contributed by atoms with van der Waals surface area (Å²) in [7, 11) is 0. The van der Waals surface area contributed by atoms with Crippen LogP contribution in [0.4, 0.5) is 0 Å². The zero-order valence-electron chi connectivity index (χ0n) is 21.0. The Balaban J connectivity index is 1.70.